The summed E-state index contributed by atoms with van der Waals surface area (Å²) < 4.78 is 1.92. The zero-order chi connectivity index (χ0) is 12.4. The van der Waals surface area contributed by atoms with Gasteiger partial charge in [-0.15, -0.1) is 21.5 Å². The lowest BCUT2D eigenvalue weighted by atomic mass is 10.1. The zero-order valence-corrected chi connectivity index (χ0v) is 11.8. The van der Waals surface area contributed by atoms with Crippen LogP contribution in [-0.2, 0) is 7.05 Å². The number of nitrogens with zero attached hydrogens (tertiary/aromatic N) is 3. The van der Waals surface area contributed by atoms with E-state index in [0.717, 1.165) is 5.16 Å². The smallest absolute Gasteiger partial charge is 0.191 e. The fraction of sp³-hybridized carbons (Fsp3) is 0.455. The lowest BCUT2D eigenvalue weighted by Gasteiger charge is -2.19. The van der Waals surface area contributed by atoms with E-state index in [4.69, 9.17) is 5.73 Å². The SMILES string of the molecule is Cc1ccsc1C(Sc1nncn1C)C(C)N. The summed E-state index contributed by atoms with van der Waals surface area (Å²) in [6.45, 7) is 4.16. The second-order valence-corrected chi connectivity index (χ2v) is 6.15. The minimum atomic E-state index is 0.0778. The van der Waals surface area contributed by atoms with E-state index in [2.05, 4.69) is 28.6 Å². The van der Waals surface area contributed by atoms with Gasteiger partial charge in [0.15, 0.2) is 5.16 Å². The molecule has 2 atom stereocenters. The molecule has 0 spiro atoms. The highest BCUT2D eigenvalue weighted by Gasteiger charge is 2.22. The van der Waals surface area contributed by atoms with Crippen molar-refractivity contribution in [3.8, 4) is 0 Å². The molecule has 17 heavy (non-hydrogen) atoms. The number of aromatic nitrogens is 3. The molecule has 2 N–H and O–H groups in total. The van der Waals surface area contributed by atoms with Crippen molar-refractivity contribution in [1.29, 1.82) is 0 Å². The quantitative estimate of drug-likeness (QED) is 0.865. The van der Waals surface area contributed by atoms with E-state index in [1.165, 1.54) is 10.4 Å². The molecule has 0 radical (unpaired) electrons. The number of rotatable bonds is 4. The summed E-state index contributed by atoms with van der Waals surface area (Å²) in [5, 5.41) is 11.2. The van der Waals surface area contributed by atoms with Crippen molar-refractivity contribution in [2.45, 2.75) is 30.3 Å². The first kappa shape index (κ1) is 12.6. The van der Waals surface area contributed by atoms with Crippen LogP contribution in [-0.4, -0.2) is 20.8 Å². The van der Waals surface area contributed by atoms with E-state index >= 15 is 0 Å². The number of nitrogens with two attached hydrogens (primary N) is 1. The Morgan fingerprint density at radius 2 is 2.29 bits per heavy atom. The highest BCUT2D eigenvalue weighted by atomic mass is 32.2. The fourth-order valence-corrected chi connectivity index (χ4v) is 3.94. The molecule has 6 heteroatoms. The average molecular weight is 268 g/mol. The molecule has 0 saturated heterocycles. The third kappa shape index (κ3) is 2.70. The predicted octanol–water partition coefficient (Wildman–Crippen LogP) is 2.37. The van der Waals surface area contributed by atoms with Gasteiger partial charge in [-0.05, 0) is 30.9 Å². The lowest BCUT2D eigenvalue weighted by molar-refractivity contribution is 0.714. The van der Waals surface area contributed by atoms with Crippen molar-refractivity contribution >= 4 is 23.1 Å². The first-order valence-electron chi connectivity index (χ1n) is 5.40. The molecule has 4 nitrogen and oxygen atoms in total. The highest BCUT2D eigenvalue weighted by molar-refractivity contribution is 7.99. The van der Waals surface area contributed by atoms with Gasteiger partial charge in [-0.1, -0.05) is 11.8 Å². The molecule has 0 fully saturated rings. The zero-order valence-electron chi connectivity index (χ0n) is 10.1. The topological polar surface area (TPSA) is 56.7 Å². The van der Waals surface area contributed by atoms with Gasteiger partial charge in [0.25, 0.3) is 0 Å². The number of aryl methyl sites for hydroxylation is 2. The van der Waals surface area contributed by atoms with E-state index < -0.39 is 0 Å². The van der Waals surface area contributed by atoms with Gasteiger partial charge in [-0.3, -0.25) is 0 Å². The minimum Gasteiger partial charge on any atom is -0.327 e. The van der Waals surface area contributed by atoms with Crippen LogP contribution < -0.4 is 5.73 Å². The molecule has 2 rings (SSSR count). The summed E-state index contributed by atoms with van der Waals surface area (Å²) >= 11 is 3.43. The van der Waals surface area contributed by atoms with Crippen LogP contribution in [0.4, 0.5) is 0 Å². The van der Waals surface area contributed by atoms with E-state index in [9.17, 15) is 0 Å². The Bertz CT molecular complexity index is 489. The molecular weight excluding hydrogens is 252 g/mol. The number of hydrogen-bond acceptors (Lipinski definition) is 5. The van der Waals surface area contributed by atoms with Crippen LogP contribution in [0.5, 0.6) is 0 Å². The highest BCUT2D eigenvalue weighted by Crippen LogP contribution is 2.39. The van der Waals surface area contributed by atoms with Crippen LogP contribution in [0.15, 0.2) is 22.9 Å². The monoisotopic (exact) mass is 268 g/mol. The predicted molar refractivity (Wildman–Crippen MR) is 72.3 cm³/mol. The van der Waals surface area contributed by atoms with Gasteiger partial charge in [0.1, 0.15) is 6.33 Å². The molecule has 0 aliphatic heterocycles. The first-order chi connectivity index (χ1) is 8.09. The Morgan fingerprint density at radius 1 is 1.53 bits per heavy atom. The Labute approximate surface area is 109 Å². The van der Waals surface area contributed by atoms with E-state index in [0.29, 0.717) is 0 Å². The Hall–Kier alpha value is -0.850. The molecule has 0 aromatic carbocycles. The van der Waals surface area contributed by atoms with E-state index in [1.54, 1.807) is 29.4 Å². The molecule has 0 amide bonds. The Balaban J connectivity index is 2.25. The second-order valence-electron chi connectivity index (χ2n) is 4.09. The molecular formula is C11H16N4S2. The molecule has 0 aliphatic carbocycles. The molecule has 0 aliphatic rings. The molecule has 2 heterocycles. The molecule has 92 valence electrons. The normalized spacial score (nSPS) is 14.8. The van der Waals surface area contributed by atoms with Crippen LogP contribution in [0.3, 0.4) is 0 Å². The Kier molecular flexibility index (Phi) is 3.86. The fourth-order valence-electron chi connectivity index (χ4n) is 1.57. The summed E-state index contributed by atoms with van der Waals surface area (Å²) in [4.78, 5) is 1.33. The molecule has 2 aromatic rings. The molecule has 0 bridgehead atoms. The van der Waals surface area contributed by atoms with Gasteiger partial charge in [0.2, 0.25) is 0 Å². The summed E-state index contributed by atoms with van der Waals surface area (Å²) in [5.74, 6) is 0. The van der Waals surface area contributed by atoms with Gasteiger partial charge < -0.3 is 10.3 Å². The number of thioether (sulfide) groups is 1. The van der Waals surface area contributed by atoms with Crippen molar-refractivity contribution in [3.05, 3.63) is 28.2 Å². The summed E-state index contributed by atoms with van der Waals surface area (Å²) in [6, 6.07) is 2.21. The second kappa shape index (κ2) is 5.20. The van der Waals surface area contributed by atoms with Crippen molar-refractivity contribution in [2.75, 3.05) is 0 Å². The lowest BCUT2D eigenvalue weighted by Crippen LogP contribution is -2.22. The van der Waals surface area contributed by atoms with Crippen LogP contribution in [0.2, 0.25) is 0 Å². The van der Waals surface area contributed by atoms with Gasteiger partial charge in [-0.2, -0.15) is 0 Å². The standard InChI is InChI=1S/C11H16N4S2/c1-7-4-5-16-9(7)10(8(2)12)17-11-14-13-6-15(11)3/h4-6,8,10H,12H2,1-3H3. The van der Waals surface area contributed by atoms with Gasteiger partial charge in [0.05, 0.1) is 5.25 Å². The number of thiophene rings is 1. The summed E-state index contributed by atoms with van der Waals surface area (Å²) in [6.07, 6.45) is 1.71. The molecule has 2 unspecified atom stereocenters. The van der Waals surface area contributed by atoms with Gasteiger partial charge in [-0.25, -0.2) is 0 Å². The van der Waals surface area contributed by atoms with Crippen LogP contribution in [0.1, 0.15) is 22.6 Å². The summed E-state index contributed by atoms with van der Waals surface area (Å²) in [7, 11) is 1.95. The number of hydrogen-bond donors (Lipinski definition) is 1. The average Bonchev–Trinajstić information content (AvgIpc) is 2.84. The van der Waals surface area contributed by atoms with Gasteiger partial charge >= 0.3 is 0 Å². The van der Waals surface area contributed by atoms with Crippen LogP contribution in [0, 0.1) is 6.92 Å². The maximum atomic E-state index is 6.09. The maximum absolute atomic E-state index is 6.09. The molecule has 2 aromatic heterocycles. The van der Waals surface area contributed by atoms with Crippen LogP contribution >= 0.6 is 23.1 Å². The third-order valence-electron chi connectivity index (χ3n) is 2.54. The van der Waals surface area contributed by atoms with Crippen molar-refractivity contribution in [3.63, 3.8) is 0 Å². The maximum Gasteiger partial charge on any atom is 0.191 e. The first-order valence-corrected chi connectivity index (χ1v) is 7.15. The van der Waals surface area contributed by atoms with Crippen molar-refractivity contribution in [2.24, 2.45) is 12.8 Å². The van der Waals surface area contributed by atoms with E-state index in [1.807, 2.05) is 18.5 Å². The van der Waals surface area contributed by atoms with Gasteiger partial charge in [0, 0.05) is 18.0 Å². The largest absolute Gasteiger partial charge is 0.327 e. The third-order valence-corrected chi connectivity index (χ3v) is 5.29. The van der Waals surface area contributed by atoms with Crippen molar-refractivity contribution < 1.29 is 0 Å². The van der Waals surface area contributed by atoms with Crippen LogP contribution in [0.25, 0.3) is 0 Å². The minimum absolute atomic E-state index is 0.0778. The van der Waals surface area contributed by atoms with E-state index in [-0.39, 0.29) is 11.3 Å². The molecule has 0 saturated carbocycles. The Morgan fingerprint density at radius 3 is 2.76 bits per heavy atom. The van der Waals surface area contributed by atoms with Crippen molar-refractivity contribution in [1.82, 2.24) is 14.8 Å². The summed E-state index contributed by atoms with van der Waals surface area (Å²) in [5.41, 5.74) is 7.39.